The van der Waals surface area contributed by atoms with Crippen LogP contribution < -0.4 is 0 Å². The van der Waals surface area contributed by atoms with Gasteiger partial charge in [-0.15, -0.1) is 0 Å². The number of aliphatic hydroxyl groups excluding tert-OH is 3. The van der Waals surface area contributed by atoms with Crippen LogP contribution in [0.25, 0.3) is 0 Å². The number of ether oxygens (including phenoxy) is 1. The van der Waals surface area contributed by atoms with Gasteiger partial charge >= 0.3 is 0 Å². The molecule has 7 rings (SSSR count). The van der Waals surface area contributed by atoms with Gasteiger partial charge in [-0.05, 0) is 122 Å². The molecule has 0 aromatic heterocycles. The molecule has 1 saturated heterocycles. The number of rotatable bonds is 8. The molecule has 1 aliphatic heterocycles. The molecule has 1 aromatic rings. The van der Waals surface area contributed by atoms with Crippen molar-refractivity contribution >= 4 is 5.78 Å². The Morgan fingerprint density at radius 2 is 1.79 bits per heavy atom. The van der Waals surface area contributed by atoms with Crippen LogP contribution in [0.2, 0.25) is 0 Å². The zero-order chi connectivity index (χ0) is 33.7. The van der Waals surface area contributed by atoms with Gasteiger partial charge in [0.05, 0.1) is 23.9 Å². The van der Waals surface area contributed by atoms with Crippen molar-refractivity contribution in [1.82, 2.24) is 0 Å². The molecule has 0 amide bonds. The number of ketones is 1. The molecule has 8 heteroatoms. The Labute approximate surface area is 278 Å². The summed E-state index contributed by atoms with van der Waals surface area (Å²) in [5.41, 5.74) is -1.45. The molecule has 3 saturated carbocycles. The SMILES string of the molecule is CC(C)[C@@H](C)[C@H]1O[C@H]1[C@]1(O)CC=C[C@H]2C[C@@H]3C(=CC(=O)[C@H]4C[C@@H](O)[C@@H](O)C[C@@]43C)[C@@]3(O)CC[C@H]1[C@@]23CCc1cc(O)ccc1CCO. The molecule has 258 valence electrons. The lowest BCUT2D eigenvalue weighted by molar-refractivity contribution is -0.182. The summed E-state index contributed by atoms with van der Waals surface area (Å²) in [4.78, 5) is 13.9. The van der Waals surface area contributed by atoms with Gasteiger partial charge in [-0.2, -0.15) is 0 Å². The van der Waals surface area contributed by atoms with Crippen LogP contribution in [-0.2, 0) is 22.4 Å². The molecule has 8 nitrogen and oxygen atoms in total. The number of hydrogen-bond acceptors (Lipinski definition) is 8. The summed E-state index contributed by atoms with van der Waals surface area (Å²) in [5.74, 6) is -0.325. The van der Waals surface area contributed by atoms with Crippen LogP contribution >= 0.6 is 0 Å². The number of aliphatic hydroxyl groups is 5. The molecule has 4 fully saturated rings. The van der Waals surface area contributed by atoms with E-state index in [1.54, 1.807) is 18.2 Å². The largest absolute Gasteiger partial charge is 0.508 e. The second-order valence-corrected chi connectivity index (χ2v) is 16.7. The van der Waals surface area contributed by atoms with Gasteiger partial charge in [-0.25, -0.2) is 0 Å². The molecule has 5 aliphatic carbocycles. The van der Waals surface area contributed by atoms with Crippen LogP contribution in [0.15, 0.2) is 42.0 Å². The van der Waals surface area contributed by atoms with E-state index in [1.165, 1.54) is 0 Å². The zero-order valence-corrected chi connectivity index (χ0v) is 28.3. The Bertz CT molecular complexity index is 1470. The minimum atomic E-state index is -1.39. The summed E-state index contributed by atoms with van der Waals surface area (Å²) in [5, 5.41) is 68.1. The lowest BCUT2D eigenvalue weighted by Crippen LogP contribution is -2.66. The molecule has 6 N–H and O–H groups in total. The number of allylic oxidation sites excluding steroid dienone is 2. The summed E-state index contributed by atoms with van der Waals surface area (Å²) in [6.45, 7) is 8.57. The lowest BCUT2D eigenvalue weighted by atomic mass is 9.42. The van der Waals surface area contributed by atoms with Crippen LogP contribution in [-0.4, -0.2) is 78.6 Å². The standard InChI is InChI=1S/C39H54O8/c1-21(2)22(3)34-35(47-34)38(45)12-5-6-25-17-27-28(18-30(42)29-19-31(43)32(44)20-36(27,29)4)39(46)14-10-33(38)37(25,39)13-9-24-16-26(41)8-7-23(24)11-15-40/h5-8,16,18,21-22,25,27,29,31-35,40-41,43-46H,9-15,17,19-20H2,1-4H3/t22-,25+,27-,29-,31-,32+,33+,34-,35-,36-,37-,38+,39+/m1/s1. The second-order valence-electron chi connectivity index (χ2n) is 16.7. The van der Waals surface area contributed by atoms with Crippen LogP contribution in [0, 0.1) is 46.3 Å². The third kappa shape index (κ3) is 4.79. The van der Waals surface area contributed by atoms with E-state index in [1.807, 2.05) is 6.07 Å². The Morgan fingerprint density at radius 1 is 1.02 bits per heavy atom. The Morgan fingerprint density at radius 3 is 2.51 bits per heavy atom. The average molecular weight is 651 g/mol. The van der Waals surface area contributed by atoms with Crippen molar-refractivity contribution in [3.05, 3.63) is 53.1 Å². The van der Waals surface area contributed by atoms with Gasteiger partial charge in [0, 0.05) is 23.9 Å². The number of phenolic OH excluding ortho intramolecular Hbond substituents is 1. The number of hydrogen-bond donors (Lipinski definition) is 6. The predicted molar refractivity (Wildman–Crippen MR) is 176 cm³/mol. The number of aryl methyl sites for hydroxylation is 1. The summed E-state index contributed by atoms with van der Waals surface area (Å²) < 4.78 is 6.36. The van der Waals surface area contributed by atoms with Crippen molar-refractivity contribution in [3.8, 4) is 5.75 Å². The maximum atomic E-state index is 13.9. The summed E-state index contributed by atoms with van der Waals surface area (Å²) in [7, 11) is 0. The number of phenols is 1. The Balaban J connectivity index is 1.36. The molecule has 0 spiro atoms. The zero-order valence-electron chi connectivity index (χ0n) is 28.3. The highest BCUT2D eigenvalue weighted by Crippen LogP contribution is 2.73. The van der Waals surface area contributed by atoms with Crippen molar-refractivity contribution in [2.45, 2.75) is 121 Å². The van der Waals surface area contributed by atoms with Crippen molar-refractivity contribution in [2.24, 2.45) is 46.3 Å². The van der Waals surface area contributed by atoms with Crippen molar-refractivity contribution < 1.29 is 40.2 Å². The van der Waals surface area contributed by atoms with E-state index < -0.39 is 40.2 Å². The van der Waals surface area contributed by atoms with Gasteiger partial charge in [0.25, 0.3) is 0 Å². The third-order valence-electron chi connectivity index (χ3n) is 14.4. The van der Waals surface area contributed by atoms with E-state index in [0.29, 0.717) is 50.9 Å². The predicted octanol–water partition coefficient (Wildman–Crippen LogP) is 4.02. The Hall–Kier alpha value is -2.07. The van der Waals surface area contributed by atoms with Crippen LogP contribution in [0.3, 0.4) is 0 Å². The topological polar surface area (TPSA) is 151 Å². The second kappa shape index (κ2) is 11.5. The molecule has 6 aliphatic rings. The van der Waals surface area contributed by atoms with Gasteiger partial charge in [-0.1, -0.05) is 45.9 Å². The first-order chi connectivity index (χ1) is 22.2. The first-order valence-corrected chi connectivity index (χ1v) is 18.0. The van der Waals surface area contributed by atoms with E-state index in [4.69, 9.17) is 4.74 Å². The van der Waals surface area contributed by atoms with E-state index in [-0.39, 0.29) is 66.9 Å². The molecular weight excluding hydrogens is 596 g/mol. The number of aromatic hydroxyl groups is 1. The van der Waals surface area contributed by atoms with E-state index in [9.17, 15) is 35.4 Å². The quantitative estimate of drug-likeness (QED) is 0.183. The molecule has 0 bridgehead atoms. The average Bonchev–Trinajstić information content (AvgIpc) is 3.77. The number of benzene rings is 1. The third-order valence-corrected chi connectivity index (χ3v) is 14.4. The monoisotopic (exact) mass is 650 g/mol. The lowest BCUT2D eigenvalue weighted by Gasteiger charge is -2.63. The molecule has 0 radical (unpaired) electrons. The van der Waals surface area contributed by atoms with Gasteiger partial charge < -0.3 is 35.4 Å². The number of fused-ring (bicyclic) bond motifs is 4. The maximum absolute atomic E-state index is 13.9. The van der Waals surface area contributed by atoms with E-state index >= 15 is 0 Å². The maximum Gasteiger partial charge on any atom is 0.159 e. The van der Waals surface area contributed by atoms with E-state index in [2.05, 4.69) is 39.8 Å². The first kappa shape index (κ1) is 33.4. The summed E-state index contributed by atoms with van der Waals surface area (Å²) >= 11 is 0. The van der Waals surface area contributed by atoms with Crippen LogP contribution in [0.4, 0.5) is 0 Å². The minimum Gasteiger partial charge on any atom is -0.508 e. The smallest absolute Gasteiger partial charge is 0.159 e. The fourth-order valence-corrected chi connectivity index (χ4v) is 11.6. The van der Waals surface area contributed by atoms with Gasteiger partial charge in [-0.3, -0.25) is 4.79 Å². The molecule has 1 aromatic carbocycles. The molecule has 13 atom stereocenters. The number of carbonyl (C=O) groups is 1. The summed E-state index contributed by atoms with van der Waals surface area (Å²) in [6, 6.07) is 5.24. The highest BCUT2D eigenvalue weighted by atomic mass is 16.6. The Kier molecular flexibility index (Phi) is 8.17. The normalized spacial score (nSPS) is 45.9. The number of carbonyl (C=O) groups excluding carboxylic acids is 1. The highest BCUT2D eigenvalue weighted by Gasteiger charge is 2.75. The van der Waals surface area contributed by atoms with E-state index in [0.717, 1.165) is 16.7 Å². The number of epoxide rings is 1. The van der Waals surface area contributed by atoms with Gasteiger partial charge in [0.2, 0.25) is 0 Å². The van der Waals surface area contributed by atoms with Crippen LogP contribution in [0.5, 0.6) is 5.75 Å². The fraction of sp³-hybridized carbons (Fsp3) is 0.718. The molecule has 47 heavy (non-hydrogen) atoms. The summed E-state index contributed by atoms with van der Waals surface area (Å²) in [6.07, 6.45) is 7.76. The van der Waals surface area contributed by atoms with Crippen molar-refractivity contribution in [3.63, 3.8) is 0 Å². The van der Waals surface area contributed by atoms with Gasteiger partial charge in [0.15, 0.2) is 5.78 Å². The highest BCUT2D eigenvalue weighted by molar-refractivity contribution is 5.95. The first-order valence-electron chi connectivity index (χ1n) is 18.0. The van der Waals surface area contributed by atoms with Gasteiger partial charge in [0.1, 0.15) is 17.5 Å². The van der Waals surface area contributed by atoms with Crippen molar-refractivity contribution in [1.29, 1.82) is 0 Å². The molecule has 1 heterocycles. The minimum absolute atomic E-state index is 0.0218. The molecular formula is C39H54O8. The van der Waals surface area contributed by atoms with Crippen molar-refractivity contribution in [2.75, 3.05) is 6.61 Å². The molecule has 0 unspecified atom stereocenters. The fourth-order valence-electron chi connectivity index (χ4n) is 11.6. The van der Waals surface area contributed by atoms with Crippen LogP contribution in [0.1, 0.15) is 83.8 Å².